The van der Waals surface area contributed by atoms with Crippen LogP contribution < -0.4 is 10.1 Å². The van der Waals surface area contributed by atoms with Crippen LogP contribution in [-0.2, 0) is 0 Å². The number of pyridine rings is 1. The first-order valence-electron chi connectivity index (χ1n) is 5.67. The summed E-state index contributed by atoms with van der Waals surface area (Å²) in [5.41, 5.74) is 2.36. The summed E-state index contributed by atoms with van der Waals surface area (Å²) in [6.45, 7) is 0. The molecule has 1 N–H and O–H groups in total. The summed E-state index contributed by atoms with van der Waals surface area (Å²) in [6, 6.07) is 10.3. The lowest BCUT2D eigenvalue weighted by atomic mass is 10.00. The van der Waals surface area contributed by atoms with Gasteiger partial charge >= 0.3 is 0 Å². The maximum Gasteiger partial charge on any atom is 0.133 e. The second-order valence-electron chi connectivity index (χ2n) is 3.90. The summed E-state index contributed by atoms with van der Waals surface area (Å²) in [7, 11) is 3.61. The number of methoxy groups -OCH3 is 1. The highest BCUT2D eigenvalue weighted by molar-refractivity contribution is 9.10. The van der Waals surface area contributed by atoms with Crippen molar-refractivity contribution in [2.45, 2.75) is 6.04 Å². The molecule has 0 saturated heterocycles. The van der Waals surface area contributed by atoms with Crippen molar-refractivity contribution in [3.8, 4) is 5.75 Å². The second-order valence-corrected chi connectivity index (χ2v) is 4.75. The van der Waals surface area contributed by atoms with E-state index in [1.807, 2.05) is 25.2 Å². The van der Waals surface area contributed by atoms with E-state index in [1.54, 1.807) is 19.5 Å². The average molecular weight is 307 g/mol. The molecule has 0 amide bonds. The zero-order valence-corrected chi connectivity index (χ0v) is 11.9. The molecule has 0 aliphatic carbocycles. The van der Waals surface area contributed by atoms with Crippen LogP contribution in [0.15, 0.2) is 47.2 Å². The van der Waals surface area contributed by atoms with Gasteiger partial charge in [0.2, 0.25) is 0 Å². The molecule has 0 radical (unpaired) electrons. The normalized spacial score (nSPS) is 12.2. The average Bonchev–Trinajstić information content (AvgIpc) is 2.41. The number of halogens is 1. The van der Waals surface area contributed by atoms with Gasteiger partial charge in [0, 0.05) is 12.4 Å². The fourth-order valence-electron chi connectivity index (χ4n) is 1.94. The van der Waals surface area contributed by atoms with Crippen molar-refractivity contribution in [1.29, 1.82) is 0 Å². The molecular weight excluding hydrogens is 292 g/mol. The topological polar surface area (TPSA) is 34.2 Å². The molecule has 0 aliphatic rings. The number of hydrogen-bond donors (Lipinski definition) is 1. The Kier molecular flexibility index (Phi) is 4.33. The Hall–Kier alpha value is -1.39. The highest BCUT2D eigenvalue weighted by atomic mass is 79.9. The molecule has 0 spiro atoms. The first kappa shape index (κ1) is 13.1. The summed E-state index contributed by atoms with van der Waals surface area (Å²) in [5, 5.41) is 3.31. The molecule has 0 bridgehead atoms. The van der Waals surface area contributed by atoms with Crippen LogP contribution in [0.2, 0.25) is 0 Å². The number of rotatable bonds is 4. The molecule has 1 atom stereocenters. The maximum absolute atomic E-state index is 5.24. The molecule has 94 valence electrons. The lowest BCUT2D eigenvalue weighted by Gasteiger charge is -2.18. The van der Waals surface area contributed by atoms with Crippen LogP contribution in [0.4, 0.5) is 0 Å². The van der Waals surface area contributed by atoms with E-state index in [1.165, 1.54) is 11.1 Å². The van der Waals surface area contributed by atoms with Crippen LogP contribution in [0.1, 0.15) is 17.2 Å². The summed E-state index contributed by atoms with van der Waals surface area (Å²) < 4.78 is 6.20. The third-order valence-corrected chi connectivity index (χ3v) is 3.46. The fourth-order valence-corrected chi connectivity index (χ4v) is 2.50. The van der Waals surface area contributed by atoms with E-state index in [2.05, 4.69) is 38.4 Å². The fraction of sp³-hybridized carbons (Fsp3) is 0.214. The Morgan fingerprint density at radius 3 is 2.44 bits per heavy atom. The predicted octanol–water partition coefficient (Wildman–Crippen LogP) is 3.16. The predicted molar refractivity (Wildman–Crippen MR) is 75.8 cm³/mol. The van der Waals surface area contributed by atoms with Crippen molar-refractivity contribution in [2.75, 3.05) is 14.2 Å². The van der Waals surface area contributed by atoms with E-state index < -0.39 is 0 Å². The maximum atomic E-state index is 5.24. The molecule has 2 rings (SSSR count). The van der Waals surface area contributed by atoms with Crippen LogP contribution in [0.25, 0.3) is 0 Å². The SMILES string of the molecule is CNC(c1ccncc1)c1ccc(OC)c(Br)c1. The van der Waals surface area contributed by atoms with Gasteiger partial charge in [-0.2, -0.15) is 0 Å². The molecule has 18 heavy (non-hydrogen) atoms. The van der Waals surface area contributed by atoms with E-state index in [9.17, 15) is 0 Å². The van der Waals surface area contributed by atoms with Gasteiger partial charge in [-0.15, -0.1) is 0 Å². The Labute approximate surface area is 115 Å². The van der Waals surface area contributed by atoms with Crippen LogP contribution in [0, 0.1) is 0 Å². The van der Waals surface area contributed by atoms with Crippen molar-refractivity contribution < 1.29 is 4.74 Å². The van der Waals surface area contributed by atoms with Gasteiger partial charge in [0.05, 0.1) is 17.6 Å². The Balaban J connectivity index is 2.37. The van der Waals surface area contributed by atoms with Gasteiger partial charge < -0.3 is 10.1 Å². The summed E-state index contributed by atoms with van der Waals surface area (Å²) in [4.78, 5) is 4.04. The zero-order valence-electron chi connectivity index (χ0n) is 10.4. The first-order valence-corrected chi connectivity index (χ1v) is 6.46. The van der Waals surface area contributed by atoms with E-state index in [4.69, 9.17) is 4.74 Å². The second kappa shape index (κ2) is 5.98. The van der Waals surface area contributed by atoms with Gasteiger partial charge in [0.25, 0.3) is 0 Å². The Bertz CT molecular complexity index is 516. The largest absolute Gasteiger partial charge is 0.496 e. The Morgan fingerprint density at radius 2 is 1.89 bits per heavy atom. The lowest BCUT2D eigenvalue weighted by molar-refractivity contribution is 0.412. The molecule has 1 aromatic heterocycles. The highest BCUT2D eigenvalue weighted by Gasteiger charge is 2.13. The van der Waals surface area contributed by atoms with E-state index in [-0.39, 0.29) is 6.04 Å². The number of hydrogen-bond acceptors (Lipinski definition) is 3. The monoisotopic (exact) mass is 306 g/mol. The molecule has 1 heterocycles. The van der Waals surface area contributed by atoms with Crippen LogP contribution in [0.5, 0.6) is 5.75 Å². The third kappa shape index (κ3) is 2.71. The molecule has 0 saturated carbocycles. The molecule has 0 fully saturated rings. The molecule has 4 heteroatoms. The molecule has 2 aromatic rings. The van der Waals surface area contributed by atoms with Gasteiger partial charge in [0.1, 0.15) is 5.75 Å². The first-order chi connectivity index (χ1) is 8.76. The van der Waals surface area contributed by atoms with Crippen LogP contribution in [-0.4, -0.2) is 19.1 Å². The van der Waals surface area contributed by atoms with E-state index in [0.29, 0.717) is 0 Å². The number of ether oxygens (including phenoxy) is 1. The minimum absolute atomic E-state index is 0.148. The van der Waals surface area contributed by atoms with Crippen molar-refractivity contribution in [3.63, 3.8) is 0 Å². The van der Waals surface area contributed by atoms with Crippen molar-refractivity contribution in [2.24, 2.45) is 0 Å². The van der Waals surface area contributed by atoms with Crippen LogP contribution in [0.3, 0.4) is 0 Å². The van der Waals surface area contributed by atoms with E-state index >= 15 is 0 Å². The standard InChI is InChI=1S/C14H15BrN2O/c1-16-14(10-5-7-17-8-6-10)11-3-4-13(18-2)12(15)9-11/h3-9,14,16H,1-2H3. The van der Waals surface area contributed by atoms with Gasteiger partial charge in [-0.05, 0) is 58.4 Å². The van der Waals surface area contributed by atoms with Gasteiger partial charge in [-0.25, -0.2) is 0 Å². The van der Waals surface area contributed by atoms with Crippen LogP contribution >= 0.6 is 15.9 Å². The minimum Gasteiger partial charge on any atom is -0.496 e. The number of nitrogens with zero attached hydrogens (tertiary/aromatic N) is 1. The molecular formula is C14H15BrN2O. The Morgan fingerprint density at radius 1 is 1.17 bits per heavy atom. The number of benzene rings is 1. The molecule has 0 aliphatic heterocycles. The summed E-state index contributed by atoms with van der Waals surface area (Å²) in [5.74, 6) is 0.836. The van der Waals surface area contributed by atoms with E-state index in [0.717, 1.165) is 10.2 Å². The minimum atomic E-state index is 0.148. The van der Waals surface area contributed by atoms with Gasteiger partial charge in [0.15, 0.2) is 0 Å². The molecule has 3 nitrogen and oxygen atoms in total. The summed E-state index contributed by atoms with van der Waals surface area (Å²) >= 11 is 3.51. The summed E-state index contributed by atoms with van der Waals surface area (Å²) in [6.07, 6.45) is 3.61. The molecule has 1 unspecified atom stereocenters. The van der Waals surface area contributed by atoms with Crippen molar-refractivity contribution in [1.82, 2.24) is 10.3 Å². The highest BCUT2D eigenvalue weighted by Crippen LogP contribution is 2.30. The van der Waals surface area contributed by atoms with Gasteiger partial charge in [-0.3, -0.25) is 4.98 Å². The smallest absolute Gasteiger partial charge is 0.133 e. The van der Waals surface area contributed by atoms with Crippen molar-refractivity contribution >= 4 is 15.9 Å². The lowest BCUT2D eigenvalue weighted by Crippen LogP contribution is -2.17. The number of aromatic nitrogens is 1. The van der Waals surface area contributed by atoms with Gasteiger partial charge in [-0.1, -0.05) is 6.07 Å². The van der Waals surface area contributed by atoms with Crippen molar-refractivity contribution in [3.05, 3.63) is 58.3 Å². The number of nitrogens with one attached hydrogen (secondary N) is 1. The quantitative estimate of drug-likeness (QED) is 0.942. The molecule has 1 aromatic carbocycles. The third-order valence-electron chi connectivity index (χ3n) is 2.84. The zero-order chi connectivity index (χ0) is 13.0.